The number of fused-ring (bicyclic) bond motifs is 1. The fourth-order valence-electron chi connectivity index (χ4n) is 4.85. The van der Waals surface area contributed by atoms with Crippen LogP contribution in [0.3, 0.4) is 0 Å². The average molecular weight is 451 g/mol. The Kier molecular flexibility index (Phi) is 7.43. The molecular weight excluding hydrogens is 415 g/mol. The number of aromatic nitrogens is 2. The summed E-state index contributed by atoms with van der Waals surface area (Å²) in [6.45, 7) is 9.58. The van der Waals surface area contributed by atoms with Crippen molar-refractivity contribution in [2.24, 2.45) is 5.92 Å². The number of benzene rings is 2. The summed E-state index contributed by atoms with van der Waals surface area (Å²) in [5.41, 5.74) is 2.83. The second kappa shape index (κ2) is 10.5. The van der Waals surface area contributed by atoms with Gasteiger partial charge < -0.3 is 4.90 Å². The van der Waals surface area contributed by atoms with E-state index in [1.165, 1.54) is 12.1 Å². The number of hydrogen-bond donors (Lipinski definition) is 0. The number of piperidine rings is 1. The number of carbonyl (C=O) groups excluding carboxylic acids is 1. The fourth-order valence-corrected chi connectivity index (χ4v) is 4.85. The molecule has 6 heteroatoms. The Bertz CT molecular complexity index is 1080. The Balaban J connectivity index is 1.56. The number of nitrogens with zero attached hydrogens (tertiary/aromatic N) is 4. The van der Waals surface area contributed by atoms with E-state index in [0.29, 0.717) is 6.54 Å². The summed E-state index contributed by atoms with van der Waals surface area (Å²) in [6.07, 6.45) is 4.08. The van der Waals surface area contributed by atoms with Crippen molar-refractivity contribution in [3.63, 3.8) is 0 Å². The van der Waals surface area contributed by atoms with E-state index in [-0.39, 0.29) is 23.7 Å². The van der Waals surface area contributed by atoms with Crippen molar-refractivity contribution in [1.29, 1.82) is 0 Å². The molecule has 2 heterocycles. The first-order chi connectivity index (χ1) is 16.0. The smallest absolute Gasteiger partial charge is 0.227 e. The third-order valence-electron chi connectivity index (χ3n) is 6.59. The van der Waals surface area contributed by atoms with Crippen molar-refractivity contribution >= 4 is 16.9 Å². The van der Waals surface area contributed by atoms with Gasteiger partial charge in [0, 0.05) is 24.8 Å². The number of amides is 1. The molecule has 0 N–H and O–H groups in total. The summed E-state index contributed by atoms with van der Waals surface area (Å²) >= 11 is 0. The zero-order valence-corrected chi connectivity index (χ0v) is 20.0. The molecule has 0 unspecified atom stereocenters. The lowest BCUT2D eigenvalue weighted by Gasteiger charge is -2.36. The maximum absolute atomic E-state index is 13.6. The third kappa shape index (κ3) is 5.27. The van der Waals surface area contributed by atoms with E-state index in [9.17, 15) is 9.18 Å². The summed E-state index contributed by atoms with van der Waals surface area (Å²) in [4.78, 5) is 22.7. The minimum absolute atomic E-state index is 0.0293. The van der Waals surface area contributed by atoms with E-state index < -0.39 is 0 Å². The molecule has 0 bridgehead atoms. The molecule has 1 aliphatic rings. The van der Waals surface area contributed by atoms with E-state index in [0.717, 1.165) is 67.9 Å². The zero-order chi connectivity index (χ0) is 23.4. The van der Waals surface area contributed by atoms with Gasteiger partial charge >= 0.3 is 0 Å². The highest BCUT2D eigenvalue weighted by Gasteiger charge is 2.31. The summed E-state index contributed by atoms with van der Waals surface area (Å²) in [7, 11) is 0. The molecule has 3 aromatic rings. The quantitative estimate of drug-likeness (QED) is 0.461. The van der Waals surface area contributed by atoms with Crippen LogP contribution in [0.25, 0.3) is 16.7 Å². The van der Waals surface area contributed by atoms with Crippen molar-refractivity contribution in [3.8, 4) is 5.69 Å². The number of likely N-dealkylation sites (tertiary alicyclic amines) is 1. The zero-order valence-electron chi connectivity index (χ0n) is 20.0. The van der Waals surface area contributed by atoms with Gasteiger partial charge in [0.2, 0.25) is 5.91 Å². The molecule has 0 aliphatic carbocycles. The second-order valence-corrected chi connectivity index (χ2v) is 9.38. The van der Waals surface area contributed by atoms with Gasteiger partial charge in [-0.05, 0) is 76.1 Å². The molecule has 33 heavy (non-hydrogen) atoms. The molecule has 2 aromatic carbocycles. The largest absolute Gasteiger partial charge is 0.340 e. The van der Waals surface area contributed by atoms with Crippen molar-refractivity contribution in [2.75, 3.05) is 19.6 Å². The Labute approximate surface area is 196 Å². The number of halogens is 1. The summed E-state index contributed by atoms with van der Waals surface area (Å²) in [6, 6.07) is 14.8. The maximum Gasteiger partial charge on any atom is 0.227 e. The standard InChI is InChI=1S/C27H35FN4O/c1-4-5-17-31(20(2)3)27(33)21-9-8-16-30(18-21)19-26-29-24-10-6-7-11-25(24)32(26)23-14-12-22(28)13-15-23/h6-7,10-15,20-21H,4-5,8-9,16-19H2,1-3H3/t21-/m1/s1. The number of imidazole rings is 1. The van der Waals surface area contributed by atoms with Crippen LogP contribution in [0.2, 0.25) is 0 Å². The van der Waals surface area contributed by atoms with Gasteiger partial charge in [0.25, 0.3) is 0 Å². The monoisotopic (exact) mass is 450 g/mol. The number of para-hydroxylation sites is 2. The van der Waals surface area contributed by atoms with Crippen LogP contribution in [-0.2, 0) is 11.3 Å². The van der Waals surface area contributed by atoms with Gasteiger partial charge in [-0.2, -0.15) is 0 Å². The van der Waals surface area contributed by atoms with Crippen molar-refractivity contribution in [1.82, 2.24) is 19.4 Å². The second-order valence-electron chi connectivity index (χ2n) is 9.38. The molecule has 1 amide bonds. The average Bonchev–Trinajstić information content (AvgIpc) is 3.17. The van der Waals surface area contributed by atoms with Gasteiger partial charge in [-0.15, -0.1) is 0 Å². The van der Waals surface area contributed by atoms with Crippen molar-refractivity contribution in [2.45, 2.75) is 59.0 Å². The van der Waals surface area contributed by atoms with Gasteiger partial charge in [-0.3, -0.25) is 14.3 Å². The first-order valence-corrected chi connectivity index (χ1v) is 12.2. The molecule has 1 saturated heterocycles. The molecule has 4 rings (SSSR count). The molecule has 0 radical (unpaired) electrons. The van der Waals surface area contributed by atoms with Crippen LogP contribution < -0.4 is 0 Å². The van der Waals surface area contributed by atoms with Crippen molar-refractivity contribution < 1.29 is 9.18 Å². The molecule has 1 atom stereocenters. The molecule has 0 spiro atoms. The van der Waals surface area contributed by atoms with Gasteiger partial charge in [-0.1, -0.05) is 25.5 Å². The Hall–Kier alpha value is -2.73. The molecule has 5 nitrogen and oxygen atoms in total. The molecular formula is C27H35FN4O. The molecule has 176 valence electrons. The number of rotatable bonds is 8. The van der Waals surface area contributed by atoms with Crippen LogP contribution in [0.5, 0.6) is 0 Å². The van der Waals surface area contributed by atoms with Crippen LogP contribution in [0.4, 0.5) is 4.39 Å². The highest BCUT2D eigenvalue weighted by atomic mass is 19.1. The molecule has 1 fully saturated rings. The first-order valence-electron chi connectivity index (χ1n) is 12.2. The van der Waals surface area contributed by atoms with Crippen LogP contribution in [-0.4, -0.2) is 50.9 Å². The minimum atomic E-state index is -0.250. The topological polar surface area (TPSA) is 41.4 Å². The highest BCUT2D eigenvalue weighted by Crippen LogP contribution is 2.26. The summed E-state index contributed by atoms with van der Waals surface area (Å²) < 4.78 is 15.7. The Morgan fingerprint density at radius 1 is 1.18 bits per heavy atom. The maximum atomic E-state index is 13.6. The summed E-state index contributed by atoms with van der Waals surface area (Å²) in [5.74, 6) is 0.985. The lowest BCUT2D eigenvalue weighted by Crippen LogP contribution is -2.47. The molecule has 1 aliphatic heterocycles. The van der Waals surface area contributed by atoms with E-state index in [1.54, 1.807) is 12.1 Å². The third-order valence-corrected chi connectivity index (χ3v) is 6.59. The number of carbonyl (C=O) groups is 1. The lowest BCUT2D eigenvalue weighted by atomic mass is 9.95. The van der Waals surface area contributed by atoms with Gasteiger partial charge in [0.15, 0.2) is 0 Å². The number of hydrogen-bond acceptors (Lipinski definition) is 3. The minimum Gasteiger partial charge on any atom is -0.340 e. The van der Waals surface area contributed by atoms with E-state index in [2.05, 4.69) is 35.1 Å². The number of unbranched alkanes of at least 4 members (excludes halogenated alkanes) is 1. The van der Waals surface area contributed by atoms with Gasteiger partial charge in [-0.25, -0.2) is 9.37 Å². The fraction of sp³-hybridized carbons (Fsp3) is 0.481. The van der Waals surface area contributed by atoms with Crippen LogP contribution >= 0.6 is 0 Å². The van der Waals surface area contributed by atoms with E-state index in [4.69, 9.17) is 4.98 Å². The predicted octanol–water partition coefficient (Wildman–Crippen LogP) is 5.41. The lowest BCUT2D eigenvalue weighted by molar-refractivity contribution is -0.139. The van der Waals surface area contributed by atoms with Crippen LogP contribution in [0.1, 0.15) is 52.3 Å². The normalized spacial score (nSPS) is 17.1. The molecule has 0 saturated carbocycles. The van der Waals surface area contributed by atoms with Crippen molar-refractivity contribution in [3.05, 3.63) is 60.2 Å². The SMILES string of the molecule is CCCCN(C(=O)[C@@H]1CCCN(Cc2nc3ccccc3n2-c2ccc(F)cc2)C1)C(C)C. The predicted molar refractivity (Wildman–Crippen MR) is 131 cm³/mol. The van der Waals surface area contributed by atoms with Crippen LogP contribution in [0, 0.1) is 11.7 Å². The van der Waals surface area contributed by atoms with E-state index in [1.807, 2.05) is 24.3 Å². The Morgan fingerprint density at radius 2 is 1.94 bits per heavy atom. The highest BCUT2D eigenvalue weighted by molar-refractivity contribution is 5.80. The first kappa shape index (κ1) is 23.4. The van der Waals surface area contributed by atoms with Gasteiger partial charge in [0.05, 0.1) is 23.5 Å². The summed E-state index contributed by atoms with van der Waals surface area (Å²) in [5, 5.41) is 0. The van der Waals surface area contributed by atoms with E-state index >= 15 is 0 Å². The van der Waals surface area contributed by atoms with Crippen LogP contribution in [0.15, 0.2) is 48.5 Å². The molecule has 1 aromatic heterocycles. The Morgan fingerprint density at radius 3 is 2.67 bits per heavy atom. The van der Waals surface area contributed by atoms with Gasteiger partial charge in [0.1, 0.15) is 11.6 Å².